The van der Waals surface area contributed by atoms with Crippen LogP contribution >= 0.6 is 0 Å². The lowest BCUT2D eigenvalue weighted by molar-refractivity contribution is 0.0601. The number of esters is 1. The first-order valence-corrected chi connectivity index (χ1v) is 4.65. The van der Waals surface area contributed by atoms with Gasteiger partial charge in [-0.1, -0.05) is 6.07 Å². The Kier molecular flexibility index (Phi) is 2.37. The summed E-state index contributed by atoms with van der Waals surface area (Å²) in [5.74, 6) is -0.321. The summed E-state index contributed by atoms with van der Waals surface area (Å²) in [5.41, 5.74) is 1.65. The molecule has 0 aliphatic carbocycles. The highest BCUT2D eigenvalue weighted by Crippen LogP contribution is 2.18. The molecule has 1 aromatic heterocycles. The van der Waals surface area contributed by atoms with Gasteiger partial charge in [-0.25, -0.2) is 4.79 Å². The van der Waals surface area contributed by atoms with Crippen molar-refractivity contribution in [2.75, 3.05) is 7.11 Å². The number of aryl methyl sites for hydroxylation is 1. The molecule has 3 nitrogen and oxygen atoms in total. The fraction of sp³-hybridized carbons (Fsp3) is 0.167. The van der Waals surface area contributed by atoms with Crippen molar-refractivity contribution >= 4 is 16.7 Å². The summed E-state index contributed by atoms with van der Waals surface area (Å²) in [7, 11) is 1.38. The highest BCUT2D eigenvalue weighted by molar-refractivity contribution is 5.95. The zero-order valence-electron chi connectivity index (χ0n) is 8.65. The van der Waals surface area contributed by atoms with Gasteiger partial charge in [0.1, 0.15) is 0 Å². The molecule has 76 valence electrons. The van der Waals surface area contributed by atoms with E-state index in [1.165, 1.54) is 7.11 Å². The van der Waals surface area contributed by atoms with Gasteiger partial charge in [0.25, 0.3) is 0 Å². The number of carbonyl (C=O) groups excluding carboxylic acids is 1. The maximum absolute atomic E-state index is 11.3. The maximum atomic E-state index is 11.3. The molecule has 0 fully saturated rings. The number of nitrogens with zero attached hydrogens (tertiary/aromatic N) is 1. The molecule has 0 unspecified atom stereocenters. The highest BCUT2D eigenvalue weighted by atomic mass is 16.5. The van der Waals surface area contributed by atoms with E-state index in [0.29, 0.717) is 5.56 Å². The SMILES string of the molecule is COC(=O)c1ccc2c(C)cncc2c1. The lowest BCUT2D eigenvalue weighted by Crippen LogP contribution is -2.00. The number of hydrogen-bond donors (Lipinski definition) is 0. The molecule has 15 heavy (non-hydrogen) atoms. The van der Waals surface area contributed by atoms with Gasteiger partial charge in [-0.3, -0.25) is 4.98 Å². The predicted molar refractivity (Wildman–Crippen MR) is 57.8 cm³/mol. The molecule has 0 saturated carbocycles. The van der Waals surface area contributed by atoms with Crippen molar-refractivity contribution in [3.63, 3.8) is 0 Å². The molecule has 0 bridgehead atoms. The first-order chi connectivity index (χ1) is 7.22. The number of fused-ring (bicyclic) bond motifs is 1. The fourth-order valence-corrected chi connectivity index (χ4v) is 1.57. The van der Waals surface area contributed by atoms with Gasteiger partial charge in [0, 0.05) is 17.8 Å². The Morgan fingerprint density at radius 1 is 1.33 bits per heavy atom. The fourth-order valence-electron chi connectivity index (χ4n) is 1.57. The number of ether oxygens (including phenoxy) is 1. The molecule has 1 aromatic carbocycles. The van der Waals surface area contributed by atoms with Crippen molar-refractivity contribution in [3.8, 4) is 0 Å². The van der Waals surface area contributed by atoms with Crippen molar-refractivity contribution < 1.29 is 9.53 Å². The zero-order chi connectivity index (χ0) is 10.8. The monoisotopic (exact) mass is 201 g/mol. The molecule has 0 atom stereocenters. The summed E-state index contributed by atoms with van der Waals surface area (Å²) in [6.45, 7) is 1.99. The number of benzene rings is 1. The molecule has 2 rings (SSSR count). The highest BCUT2D eigenvalue weighted by Gasteiger charge is 2.06. The number of methoxy groups -OCH3 is 1. The third kappa shape index (κ3) is 1.68. The van der Waals surface area contributed by atoms with Gasteiger partial charge in [-0.15, -0.1) is 0 Å². The second-order valence-corrected chi connectivity index (χ2v) is 3.38. The molecular formula is C12H11NO2. The van der Waals surface area contributed by atoms with Crippen LogP contribution in [0, 0.1) is 6.92 Å². The molecule has 0 amide bonds. The summed E-state index contributed by atoms with van der Waals surface area (Å²) in [4.78, 5) is 15.4. The van der Waals surface area contributed by atoms with Crippen molar-refractivity contribution in [3.05, 3.63) is 41.7 Å². The molecule has 0 aliphatic rings. The Morgan fingerprint density at radius 3 is 2.87 bits per heavy atom. The van der Waals surface area contributed by atoms with Crippen LogP contribution in [0.25, 0.3) is 10.8 Å². The Hall–Kier alpha value is -1.90. The lowest BCUT2D eigenvalue weighted by Gasteiger charge is -2.03. The van der Waals surface area contributed by atoms with E-state index in [4.69, 9.17) is 0 Å². The average molecular weight is 201 g/mol. The molecule has 0 spiro atoms. The minimum atomic E-state index is -0.321. The Labute approximate surface area is 87.7 Å². The van der Waals surface area contributed by atoms with Crippen molar-refractivity contribution in [2.45, 2.75) is 6.92 Å². The molecule has 0 saturated heterocycles. The smallest absolute Gasteiger partial charge is 0.337 e. The zero-order valence-corrected chi connectivity index (χ0v) is 8.65. The second-order valence-electron chi connectivity index (χ2n) is 3.38. The third-order valence-corrected chi connectivity index (χ3v) is 2.38. The standard InChI is InChI=1S/C12H11NO2/c1-8-6-13-7-10-5-9(12(14)15-2)3-4-11(8)10/h3-7H,1-2H3. The number of rotatable bonds is 1. The maximum Gasteiger partial charge on any atom is 0.337 e. The summed E-state index contributed by atoms with van der Waals surface area (Å²) in [5, 5.41) is 2.07. The van der Waals surface area contributed by atoms with Crippen molar-refractivity contribution in [1.29, 1.82) is 0 Å². The number of carbonyl (C=O) groups is 1. The van der Waals surface area contributed by atoms with E-state index in [2.05, 4.69) is 9.72 Å². The van der Waals surface area contributed by atoms with Crippen LogP contribution in [0.1, 0.15) is 15.9 Å². The quantitative estimate of drug-likeness (QED) is 0.665. The Bertz CT molecular complexity index is 520. The predicted octanol–water partition coefficient (Wildman–Crippen LogP) is 2.33. The number of hydrogen-bond acceptors (Lipinski definition) is 3. The normalized spacial score (nSPS) is 10.3. The van der Waals surface area contributed by atoms with Crippen molar-refractivity contribution in [1.82, 2.24) is 4.98 Å². The van der Waals surface area contributed by atoms with Gasteiger partial charge < -0.3 is 4.74 Å². The lowest BCUT2D eigenvalue weighted by atomic mass is 10.1. The summed E-state index contributed by atoms with van der Waals surface area (Å²) in [6, 6.07) is 5.47. The van der Waals surface area contributed by atoms with Gasteiger partial charge in [0.15, 0.2) is 0 Å². The van der Waals surface area contributed by atoms with Crippen LogP contribution in [-0.4, -0.2) is 18.1 Å². The van der Waals surface area contributed by atoms with E-state index in [1.807, 2.05) is 13.0 Å². The van der Waals surface area contributed by atoms with Crippen LogP contribution in [-0.2, 0) is 4.74 Å². The average Bonchev–Trinajstić information content (AvgIpc) is 2.28. The van der Waals surface area contributed by atoms with Crippen LogP contribution in [0.3, 0.4) is 0 Å². The molecule has 3 heteroatoms. The molecule has 0 N–H and O–H groups in total. The molecule has 0 aliphatic heterocycles. The van der Waals surface area contributed by atoms with E-state index in [-0.39, 0.29) is 5.97 Å². The van der Waals surface area contributed by atoms with E-state index < -0.39 is 0 Å². The van der Waals surface area contributed by atoms with Crippen LogP contribution < -0.4 is 0 Å². The molecule has 1 heterocycles. The van der Waals surface area contributed by atoms with Crippen LogP contribution in [0.5, 0.6) is 0 Å². The minimum absolute atomic E-state index is 0.321. The second kappa shape index (κ2) is 3.69. The van der Waals surface area contributed by atoms with E-state index in [1.54, 1.807) is 24.5 Å². The molecule has 0 radical (unpaired) electrons. The first kappa shape index (κ1) is 9.65. The van der Waals surface area contributed by atoms with E-state index in [9.17, 15) is 4.79 Å². The molecule has 2 aromatic rings. The third-order valence-electron chi connectivity index (χ3n) is 2.38. The van der Waals surface area contributed by atoms with Gasteiger partial charge in [0.2, 0.25) is 0 Å². The van der Waals surface area contributed by atoms with Gasteiger partial charge >= 0.3 is 5.97 Å². The van der Waals surface area contributed by atoms with Gasteiger partial charge in [-0.2, -0.15) is 0 Å². The van der Waals surface area contributed by atoms with E-state index in [0.717, 1.165) is 16.3 Å². The summed E-state index contributed by atoms with van der Waals surface area (Å²) in [6.07, 6.45) is 3.55. The molecular weight excluding hydrogens is 190 g/mol. The van der Waals surface area contributed by atoms with Gasteiger partial charge in [0.05, 0.1) is 12.7 Å². The van der Waals surface area contributed by atoms with Gasteiger partial charge in [-0.05, 0) is 30.0 Å². The summed E-state index contributed by atoms with van der Waals surface area (Å²) >= 11 is 0. The topological polar surface area (TPSA) is 39.2 Å². The first-order valence-electron chi connectivity index (χ1n) is 4.65. The van der Waals surface area contributed by atoms with Crippen LogP contribution in [0.4, 0.5) is 0 Å². The largest absolute Gasteiger partial charge is 0.465 e. The van der Waals surface area contributed by atoms with Crippen LogP contribution in [0.2, 0.25) is 0 Å². The van der Waals surface area contributed by atoms with Crippen molar-refractivity contribution in [2.24, 2.45) is 0 Å². The Morgan fingerprint density at radius 2 is 2.13 bits per heavy atom. The van der Waals surface area contributed by atoms with Crippen LogP contribution in [0.15, 0.2) is 30.6 Å². The summed E-state index contributed by atoms with van der Waals surface area (Å²) < 4.78 is 4.66. The Balaban J connectivity index is 2.62. The number of pyridine rings is 1. The van der Waals surface area contributed by atoms with E-state index >= 15 is 0 Å². The number of aromatic nitrogens is 1. The minimum Gasteiger partial charge on any atom is -0.465 e.